The Kier molecular flexibility index (Phi) is 3.83. The molecule has 126 valence electrons. The molecule has 1 aliphatic carbocycles. The van der Waals surface area contributed by atoms with Gasteiger partial charge >= 0.3 is 0 Å². The summed E-state index contributed by atoms with van der Waals surface area (Å²) < 4.78 is 0. The van der Waals surface area contributed by atoms with Crippen LogP contribution in [0.15, 0.2) is 34.5 Å². The number of nitro groups is 1. The van der Waals surface area contributed by atoms with E-state index in [2.05, 4.69) is 10.2 Å². The Morgan fingerprint density at radius 1 is 1.42 bits per heavy atom. The second-order valence-corrected chi connectivity index (χ2v) is 6.81. The second-order valence-electron chi connectivity index (χ2n) is 6.81. The zero-order valence-electron chi connectivity index (χ0n) is 13.8. The average molecular weight is 329 g/mol. The third kappa shape index (κ3) is 2.54. The number of carbonyl (C=O) groups is 1. The van der Waals surface area contributed by atoms with Crippen LogP contribution in [0.4, 0.5) is 5.69 Å². The number of carbonyl (C=O) groups excluding carboxylic acids is 1. The van der Waals surface area contributed by atoms with E-state index in [0.717, 1.165) is 11.4 Å². The summed E-state index contributed by atoms with van der Waals surface area (Å²) in [6.45, 7) is 4.91. The number of fused-ring (bicyclic) bond motifs is 1. The predicted molar refractivity (Wildman–Crippen MR) is 89.3 cm³/mol. The average Bonchev–Trinajstić information content (AvgIpc) is 2.85. The molecule has 1 saturated carbocycles. The largest absolute Gasteiger partial charge is 0.389 e. The minimum Gasteiger partial charge on any atom is -0.389 e. The predicted octanol–water partition coefficient (Wildman–Crippen LogP) is 2.49. The Labute approximate surface area is 139 Å². The molecule has 0 amide bonds. The zero-order chi connectivity index (χ0) is 17.6. The van der Waals surface area contributed by atoms with Gasteiger partial charge in [0.05, 0.1) is 22.2 Å². The lowest BCUT2D eigenvalue weighted by Crippen LogP contribution is -2.53. The monoisotopic (exact) mass is 329 g/mol. The third-order valence-electron chi connectivity index (χ3n) is 4.98. The standard InChI is InChI=1S/C17H19N3O4/c1-9-14-13(19-18-9)8-17(3,22)16(10(2)21)15(14)11-5-4-6-12(7-11)20(23)24/h4-7,14-16,22H,8H2,1-3H3/t14-,15+,16-,17-/m1/s1. The van der Waals surface area contributed by atoms with Crippen molar-refractivity contribution in [1.82, 2.24) is 0 Å². The van der Waals surface area contributed by atoms with Crippen LogP contribution in [-0.4, -0.2) is 32.8 Å². The number of non-ortho nitro benzene ring substituents is 1. The maximum absolute atomic E-state index is 12.3. The van der Waals surface area contributed by atoms with Crippen molar-refractivity contribution in [3.8, 4) is 0 Å². The summed E-state index contributed by atoms with van der Waals surface area (Å²) in [6, 6.07) is 6.26. The van der Waals surface area contributed by atoms with Crippen LogP contribution < -0.4 is 0 Å². The number of nitro benzene ring substituents is 1. The van der Waals surface area contributed by atoms with Gasteiger partial charge in [-0.25, -0.2) is 0 Å². The van der Waals surface area contributed by atoms with E-state index in [4.69, 9.17) is 0 Å². The normalized spacial score (nSPS) is 31.9. The van der Waals surface area contributed by atoms with Crippen molar-refractivity contribution < 1.29 is 14.8 Å². The van der Waals surface area contributed by atoms with E-state index in [-0.39, 0.29) is 23.8 Å². The van der Waals surface area contributed by atoms with Gasteiger partial charge in [-0.15, -0.1) is 0 Å². The Bertz CT molecular complexity index is 782. The summed E-state index contributed by atoms with van der Waals surface area (Å²) >= 11 is 0. The number of rotatable bonds is 3. The lowest BCUT2D eigenvalue weighted by atomic mass is 9.59. The van der Waals surface area contributed by atoms with Gasteiger partial charge in [0, 0.05) is 36.1 Å². The van der Waals surface area contributed by atoms with Crippen molar-refractivity contribution in [3.63, 3.8) is 0 Å². The van der Waals surface area contributed by atoms with Crippen LogP contribution in [0.1, 0.15) is 38.7 Å². The van der Waals surface area contributed by atoms with E-state index in [1.807, 2.05) is 6.92 Å². The molecule has 7 nitrogen and oxygen atoms in total. The molecule has 0 aromatic heterocycles. The van der Waals surface area contributed by atoms with Crippen LogP contribution in [-0.2, 0) is 4.79 Å². The molecule has 7 heteroatoms. The quantitative estimate of drug-likeness (QED) is 0.679. The molecule has 0 spiro atoms. The fraction of sp³-hybridized carbons (Fsp3) is 0.471. The fourth-order valence-corrected chi connectivity index (χ4v) is 4.10. The zero-order valence-corrected chi connectivity index (χ0v) is 13.8. The molecule has 4 atom stereocenters. The van der Waals surface area contributed by atoms with E-state index in [9.17, 15) is 20.0 Å². The van der Waals surface area contributed by atoms with Crippen molar-refractivity contribution in [2.45, 2.75) is 38.7 Å². The highest BCUT2D eigenvalue weighted by Gasteiger charge is 2.53. The van der Waals surface area contributed by atoms with E-state index >= 15 is 0 Å². The summed E-state index contributed by atoms with van der Waals surface area (Å²) in [4.78, 5) is 23.0. The Morgan fingerprint density at radius 2 is 2.12 bits per heavy atom. The van der Waals surface area contributed by atoms with Crippen LogP contribution in [0.25, 0.3) is 0 Å². The molecule has 1 N–H and O–H groups in total. The summed E-state index contributed by atoms with van der Waals surface area (Å²) in [6.07, 6.45) is 0.272. The molecular weight excluding hydrogens is 310 g/mol. The highest BCUT2D eigenvalue weighted by molar-refractivity contribution is 6.12. The van der Waals surface area contributed by atoms with E-state index in [1.54, 1.807) is 19.1 Å². The first-order valence-corrected chi connectivity index (χ1v) is 7.80. The maximum Gasteiger partial charge on any atom is 0.269 e. The van der Waals surface area contributed by atoms with Gasteiger partial charge in [0.15, 0.2) is 0 Å². The Balaban J connectivity index is 2.17. The Hall–Kier alpha value is -2.41. The van der Waals surface area contributed by atoms with Crippen molar-refractivity contribution in [2.24, 2.45) is 22.0 Å². The summed E-state index contributed by atoms with van der Waals surface area (Å²) in [5.41, 5.74) is 0.843. The van der Waals surface area contributed by atoms with Gasteiger partial charge in [-0.3, -0.25) is 14.9 Å². The molecule has 1 aromatic rings. The Morgan fingerprint density at radius 3 is 2.75 bits per heavy atom. The number of aliphatic hydroxyl groups is 1. The third-order valence-corrected chi connectivity index (χ3v) is 4.98. The number of hydrogen-bond donors (Lipinski definition) is 1. The van der Waals surface area contributed by atoms with E-state index in [0.29, 0.717) is 5.56 Å². The minimum absolute atomic E-state index is 0.0360. The second kappa shape index (κ2) is 5.59. The maximum atomic E-state index is 12.3. The fourth-order valence-electron chi connectivity index (χ4n) is 4.10. The van der Waals surface area contributed by atoms with Gasteiger partial charge in [0.1, 0.15) is 5.78 Å². The molecule has 0 unspecified atom stereocenters. The SMILES string of the molecule is CC(=O)[C@@H]1[C@@H](c2cccc([N+](=O)[O-])c2)[C@@H]2C(C)=NN=C2C[C@@]1(C)O. The molecule has 1 aromatic carbocycles. The molecule has 1 aliphatic heterocycles. The number of ketones is 1. The van der Waals surface area contributed by atoms with Gasteiger partial charge in [0.25, 0.3) is 5.69 Å². The highest BCUT2D eigenvalue weighted by atomic mass is 16.6. The first kappa shape index (κ1) is 16.4. The minimum atomic E-state index is -1.27. The molecular formula is C17H19N3O4. The molecule has 1 heterocycles. The van der Waals surface area contributed by atoms with Crippen molar-refractivity contribution in [3.05, 3.63) is 39.9 Å². The lowest BCUT2D eigenvalue weighted by Gasteiger charge is -2.45. The van der Waals surface area contributed by atoms with Crippen molar-refractivity contribution >= 4 is 22.9 Å². The summed E-state index contributed by atoms with van der Waals surface area (Å²) in [7, 11) is 0. The number of nitrogens with zero attached hydrogens (tertiary/aromatic N) is 3. The molecule has 1 fully saturated rings. The topological polar surface area (TPSA) is 105 Å². The van der Waals surface area contributed by atoms with Gasteiger partial charge in [-0.2, -0.15) is 10.2 Å². The van der Waals surface area contributed by atoms with Crippen LogP contribution in [0.3, 0.4) is 0 Å². The molecule has 0 saturated heterocycles. The van der Waals surface area contributed by atoms with E-state index < -0.39 is 22.4 Å². The van der Waals surface area contributed by atoms with E-state index in [1.165, 1.54) is 19.1 Å². The summed E-state index contributed by atoms with van der Waals surface area (Å²) in [5, 5.41) is 30.3. The molecule has 3 rings (SSSR count). The number of benzene rings is 1. The smallest absolute Gasteiger partial charge is 0.269 e. The first-order chi connectivity index (χ1) is 11.2. The van der Waals surface area contributed by atoms with Gasteiger partial charge in [-0.05, 0) is 26.3 Å². The van der Waals surface area contributed by atoms with Crippen molar-refractivity contribution in [2.75, 3.05) is 0 Å². The van der Waals surface area contributed by atoms with Crippen LogP contribution in [0.2, 0.25) is 0 Å². The van der Waals surface area contributed by atoms with Gasteiger partial charge in [-0.1, -0.05) is 12.1 Å². The van der Waals surface area contributed by atoms with Crippen molar-refractivity contribution in [1.29, 1.82) is 0 Å². The summed E-state index contributed by atoms with van der Waals surface area (Å²) in [5.74, 6) is -1.45. The lowest BCUT2D eigenvalue weighted by molar-refractivity contribution is -0.385. The molecule has 0 bridgehead atoms. The number of hydrogen-bond acceptors (Lipinski definition) is 6. The molecule has 0 radical (unpaired) electrons. The molecule has 24 heavy (non-hydrogen) atoms. The molecule has 2 aliphatic rings. The first-order valence-electron chi connectivity index (χ1n) is 7.80. The van der Waals surface area contributed by atoms with Crippen LogP contribution in [0.5, 0.6) is 0 Å². The van der Waals surface area contributed by atoms with Crippen LogP contribution in [0, 0.1) is 22.0 Å². The van der Waals surface area contributed by atoms with Gasteiger partial charge < -0.3 is 5.11 Å². The number of Topliss-reactive ketones (excluding diaryl/α,β-unsaturated/α-hetero) is 1. The van der Waals surface area contributed by atoms with Crippen LogP contribution >= 0.6 is 0 Å². The van der Waals surface area contributed by atoms with Gasteiger partial charge in [0.2, 0.25) is 0 Å². The highest BCUT2D eigenvalue weighted by Crippen LogP contribution is 2.48.